The summed E-state index contributed by atoms with van der Waals surface area (Å²) in [5.41, 5.74) is 0. The van der Waals surface area contributed by atoms with Crippen molar-refractivity contribution in [2.45, 2.75) is 6.61 Å². The average Bonchev–Trinajstić information content (AvgIpc) is 1.96. The van der Waals surface area contributed by atoms with Gasteiger partial charge in [-0.25, -0.2) is 8.78 Å². The smallest absolute Gasteiger partial charge is 0.387 e. The summed E-state index contributed by atoms with van der Waals surface area (Å²) >= 11 is 1.51. The lowest BCUT2D eigenvalue weighted by molar-refractivity contribution is -0.0528. The van der Waals surface area contributed by atoms with Crippen LogP contribution >= 0.6 is 22.6 Å². The molecule has 0 aromatic heterocycles. The molecule has 1 rings (SSSR count). The van der Waals surface area contributed by atoms with Crippen molar-refractivity contribution in [2.75, 3.05) is 0 Å². The summed E-state index contributed by atoms with van der Waals surface area (Å²) in [5, 5.41) is 0. The third-order valence-corrected chi connectivity index (χ3v) is 1.97. The molecule has 0 atom stereocenters. The largest absolute Gasteiger partial charge is 0.431 e. The van der Waals surface area contributed by atoms with Crippen LogP contribution in [0, 0.1) is 15.2 Å². The Hall–Kier alpha value is -0.530. The number of benzene rings is 1. The molecule has 1 aromatic rings. The van der Waals surface area contributed by atoms with Gasteiger partial charge in [0.15, 0.2) is 11.6 Å². The first-order valence-electron chi connectivity index (χ1n) is 3.10. The molecule has 0 saturated carbocycles. The van der Waals surface area contributed by atoms with Crippen LogP contribution in [0.1, 0.15) is 0 Å². The molecule has 0 fully saturated rings. The molecule has 6 heteroatoms. The van der Waals surface area contributed by atoms with Gasteiger partial charge in [-0.15, -0.1) is 0 Å². The standard InChI is InChI=1S/C7H3F4IO/c8-3-1-4(9)6(5(12)2-3)13-7(10)11/h1-2,7H. The maximum absolute atomic E-state index is 12.8. The molecule has 1 nitrogen and oxygen atoms in total. The Bertz CT molecular complexity index is 292. The number of ether oxygens (including phenoxy) is 1. The van der Waals surface area contributed by atoms with Gasteiger partial charge >= 0.3 is 6.61 Å². The second-order valence-electron chi connectivity index (χ2n) is 2.08. The Morgan fingerprint density at radius 2 is 1.85 bits per heavy atom. The summed E-state index contributed by atoms with van der Waals surface area (Å²) in [6.07, 6.45) is 0. The molecule has 72 valence electrons. The molecular weight excluding hydrogens is 303 g/mol. The first-order valence-corrected chi connectivity index (χ1v) is 4.18. The van der Waals surface area contributed by atoms with Gasteiger partial charge < -0.3 is 4.74 Å². The lowest BCUT2D eigenvalue weighted by atomic mass is 10.3. The molecule has 0 N–H and O–H groups in total. The predicted molar refractivity (Wildman–Crippen MR) is 45.7 cm³/mol. The van der Waals surface area contributed by atoms with Gasteiger partial charge in [-0.1, -0.05) is 0 Å². The van der Waals surface area contributed by atoms with Crippen molar-refractivity contribution >= 4 is 22.6 Å². The van der Waals surface area contributed by atoms with Crippen molar-refractivity contribution in [1.82, 2.24) is 0 Å². The lowest BCUT2D eigenvalue weighted by Gasteiger charge is -2.07. The quantitative estimate of drug-likeness (QED) is 0.602. The normalized spacial score (nSPS) is 10.6. The van der Waals surface area contributed by atoms with Crippen LogP contribution in [0.2, 0.25) is 0 Å². The fourth-order valence-corrected chi connectivity index (χ4v) is 1.41. The van der Waals surface area contributed by atoms with Crippen LogP contribution in [0.3, 0.4) is 0 Å². The monoisotopic (exact) mass is 306 g/mol. The lowest BCUT2D eigenvalue weighted by Crippen LogP contribution is -2.05. The fourth-order valence-electron chi connectivity index (χ4n) is 0.731. The molecule has 0 heterocycles. The molecule has 0 aliphatic heterocycles. The van der Waals surface area contributed by atoms with E-state index in [0.29, 0.717) is 6.07 Å². The zero-order chi connectivity index (χ0) is 10.0. The van der Waals surface area contributed by atoms with Crippen molar-refractivity contribution in [3.63, 3.8) is 0 Å². The molecule has 0 amide bonds. The summed E-state index contributed by atoms with van der Waals surface area (Å²) < 4.78 is 52.4. The number of hydrogen-bond donors (Lipinski definition) is 0. The first-order chi connectivity index (χ1) is 6.00. The molecule has 0 unspecified atom stereocenters. The maximum atomic E-state index is 12.8. The van der Waals surface area contributed by atoms with E-state index < -0.39 is 24.0 Å². The summed E-state index contributed by atoms with van der Waals surface area (Å²) in [6, 6.07) is 1.39. The molecule has 0 radical (unpaired) electrons. The van der Waals surface area contributed by atoms with Crippen LogP contribution in [-0.2, 0) is 0 Å². The zero-order valence-electron chi connectivity index (χ0n) is 6.03. The summed E-state index contributed by atoms with van der Waals surface area (Å²) in [4.78, 5) is 0. The van der Waals surface area contributed by atoms with Crippen molar-refractivity contribution in [3.8, 4) is 5.75 Å². The van der Waals surface area contributed by atoms with Gasteiger partial charge in [0.05, 0.1) is 3.57 Å². The van der Waals surface area contributed by atoms with Gasteiger partial charge in [0.2, 0.25) is 0 Å². The van der Waals surface area contributed by atoms with E-state index in [1.807, 2.05) is 0 Å². The van der Waals surface area contributed by atoms with E-state index in [2.05, 4.69) is 4.74 Å². The van der Waals surface area contributed by atoms with E-state index in [1.54, 1.807) is 0 Å². The van der Waals surface area contributed by atoms with E-state index in [-0.39, 0.29) is 3.57 Å². The fraction of sp³-hybridized carbons (Fsp3) is 0.143. The van der Waals surface area contributed by atoms with Crippen LogP contribution in [0.4, 0.5) is 17.6 Å². The minimum absolute atomic E-state index is 0.0320. The van der Waals surface area contributed by atoms with Gasteiger partial charge in [-0.3, -0.25) is 0 Å². The first kappa shape index (κ1) is 10.6. The molecule has 0 aliphatic carbocycles. The van der Waals surface area contributed by atoms with Crippen molar-refractivity contribution in [2.24, 2.45) is 0 Å². The van der Waals surface area contributed by atoms with Gasteiger partial charge in [-0.05, 0) is 28.7 Å². The predicted octanol–water partition coefficient (Wildman–Crippen LogP) is 3.17. The Morgan fingerprint density at radius 1 is 1.23 bits per heavy atom. The Morgan fingerprint density at radius 3 is 2.31 bits per heavy atom. The maximum Gasteiger partial charge on any atom is 0.387 e. The summed E-state index contributed by atoms with van der Waals surface area (Å²) in [7, 11) is 0. The molecule has 0 spiro atoms. The highest BCUT2D eigenvalue weighted by molar-refractivity contribution is 14.1. The van der Waals surface area contributed by atoms with Crippen LogP contribution in [0.25, 0.3) is 0 Å². The highest BCUT2D eigenvalue weighted by Gasteiger charge is 2.14. The van der Waals surface area contributed by atoms with E-state index in [1.165, 1.54) is 22.6 Å². The van der Waals surface area contributed by atoms with Gasteiger partial charge in [0, 0.05) is 6.07 Å². The topological polar surface area (TPSA) is 9.23 Å². The van der Waals surface area contributed by atoms with Gasteiger partial charge in [0.1, 0.15) is 5.82 Å². The third kappa shape index (κ3) is 2.71. The molecule has 0 saturated heterocycles. The SMILES string of the molecule is Fc1cc(F)c(OC(F)F)c(I)c1. The van der Waals surface area contributed by atoms with Gasteiger partial charge in [0.25, 0.3) is 0 Å². The minimum atomic E-state index is -3.12. The van der Waals surface area contributed by atoms with E-state index in [9.17, 15) is 17.6 Å². The highest BCUT2D eigenvalue weighted by atomic mass is 127. The summed E-state index contributed by atoms with van der Waals surface area (Å²) in [6.45, 7) is -3.12. The van der Waals surface area contributed by atoms with Crippen molar-refractivity contribution in [3.05, 3.63) is 27.3 Å². The summed E-state index contributed by atoms with van der Waals surface area (Å²) in [5.74, 6) is -2.59. The van der Waals surface area contributed by atoms with Crippen molar-refractivity contribution < 1.29 is 22.3 Å². The number of hydrogen-bond acceptors (Lipinski definition) is 1. The van der Waals surface area contributed by atoms with Crippen molar-refractivity contribution in [1.29, 1.82) is 0 Å². The molecule has 1 aromatic carbocycles. The van der Waals surface area contributed by atoms with Crippen LogP contribution in [-0.4, -0.2) is 6.61 Å². The zero-order valence-corrected chi connectivity index (χ0v) is 8.19. The average molecular weight is 306 g/mol. The van der Waals surface area contributed by atoms with Crippen LogP contribution in [0.5, 0.6) is 5.75 Å². The number of halogens is 5. The molecule has 13 heavy (non-hydrogen) atoms. The number of alkyl halides is 2. The highest BCUT2D eigenvalue weighted by Crippen LogP contribution is 2.27. The van der Waals surface area contributed by atoms with Gasteiger partial charge in [-0.2, -0.15) is 8.78 Å². The Kier molecular flexibility index (Phi) is 3.34. The van der Waals surface area contributed by atoms with Crippen LogP contribution < -0.4 is 4.74 Å². The third-order valence-electron chi connectivity index (χ3n) is 1.17. The minimum Gasteiger partial charge on any atom is -0.431 e. The molecule has 0 aliphatic rings. The second-order valence-corrected chi connectivity index (χ2v) is 3.24. The van der Waals surface area contributed by atoms with Crippen LogP contribution in [0.15, 0.2) is 12.1 Å². The van der Waals surface area contributed by atoms with E-state index in [4.69, 9.17) is 0 Å². The molecule has 0 bridgehead atoms. The Balaban J connectivity index is 3.06. The Labute approximate surface area is 84.8 Å². The number of rotatable bonds is 2. The molecular formula is C7H3F4IO. The van der Waals surface area contributed by atoms with E-state index >= 15 is 0 Å². The van der Waals surface area contributed by atoms with E-state index in [0.717, 1.165) is 6.07 Å². The second kappa shape index (κ2) is 4.12.